The molecule has 0 saturated heterocycles. The summed E-state index contributed by atoms with van der Waals surface area (Å²) >= 11 is 1.77. The number of aryl methyl sites for hydroxylation is 1. The molecule has 5 N–H and O–H groups in total. The Hall–Kier alpha value is -1.57. The lowest BCUT2D eigenvalue weighted by Crippen LogP contribution is -2.19. The number of thiophene rings is 1. The number of primary sulfonamides is 1. The summed E-state index contributed by atoms with van der Waals surface area (Å²) in [6.45, 7) is 4.14. The van der Waals surface area contributed by atoms with Crippen molar-refractivity contribution in [1.29, 1.82) is 0 Å². The van der Waals surface area contributed by atoms with Crippen molar-refractivity contribution >= 4 is 32.7 Å². The average Bonchev–Trinajstić information content (AvgIpc) is 2.76. The molecule has 0 aliphatic carbocycles. The van der Waals surface area contributed by atoms with E-state index in [2.05, 4.69) is 31.3 Å². The molecule has 2 aromatic rings. The maximum absolute atomic E-state index is 11.3. The van der Waals surface area contributed by atoms with Crippen LogP contribution in [-0.4, -0.2) is 14.5 Å². The van der Waals surface area contributed by atoms with Crippen LogP contribution < -0.4 is 16.2 Å². The van der Waals surface area contributed by atoms with Gasteiger partial charge in [0.05, 0.1) is 16.3 Å². The van der Waals surface area contributed by atoms with Crippen LogP contribution in [0.15, 0.2) is 35.2 Å². The highest BCUT2D eigenvalue weighted by Gasteiger charge is 2.12. The summed E-state index contributed by atoms with van der Waals surface area (Å²) in [6.07, 6.45) is 0.884. The molecule has 2 rings (SSSR count). The largest absolute Gasteiger partial charge is 0.397 e. The minimum absolute atomic E-state index is 0.0204. The average molecular weight is 325 g/mol. The van der Waals surface area contributed by atoms with E-state index < -0.39 is 10.0 Å². The Bertz CT molecular complexity index is 738. The predicted octanol–water partition coefficient (Wildman–Crippen LogP) is 2.33. The van der Waals surface area contributed by atoms with Gasteiger partial charge in [-0.3, -0.25) is 0 Å². The second-order valence-electron chi connectivity index (χ2n) is 5.06. The van der Waals surface area contributed by atoms with Gasteiger partial charge in [-0.2, -0.15) is 0 Å². The Morgan fingerprint density at radius 1 is 1.29 bits per heavy atom. The molecule has 1 aromatic carbocycles. The molecule has 0 aliphatic heterocycles. The molecule has 0 spiro atoms. The molecule has 0 aliphatic rings. The van der Waals surface area contributed by atoms with Crippen LogP contribution in [0.25, 0.3) is 0 Å². The van der Waals surface area contributed by atoms with E-state index in [1.165, 1.54) is 21.9 Å². The third-order valence-corrected chi connectivity index (χ3v) is 4.99. The smallest absolute Gasteiger partial charge is 0.238 e. The van der Waals surface area contributed by atoms with Crippen LogP contribution in [0.2, 0.25) is 0 Å². The molecule has 0 bridgehead atoms. The van der Waals surface area contributed by atoms with Crippen molar-refractivity contribution in [2.45, 2.75) is 31.2 Å². The van der Waals surface area contributed by atoms with E-state index in [0.29, 0.717) is 11.4 Å². The predicted molar refractivity (Wildman–Crippen MR) is 88.1 cm³/mol. The van der Waals surface area contributed by atoms with Crippen LogP contribution in [0.3, 0.4) is 0 Å². The second kappa shape index (κ2) is 6.05. The van der Waals surface area contributed by atoms with Crippen molar-refractivity contribution in [3.63, 3.8) is 0 Å². The number of hydrogen-bond acceptors (Lipinski definition) is 5. The van der Waals surface area contributed by atoms with E-state index in [-0.39, 0.29) is 10.9 Å². The summed E-state index contributed by atoms with van der Waals surface area (Å²) in [5.41, 5.74) is 6.97. The summed E-state index contributed by atoms with van der Waals surface area (Å²) in [7, 11) is -3.72. The van der Waals surface area contributed by atoms with Crippen molar-refractivity contribution in [3.8, 4) is 0 Å². The van der Waals surface area contributed by atoms with Gasteiger partial charge in [-0.25, -0.2) is 13.6 Å². The van der Waals surface area contributed by atoms with Gasteiger partial charge in [-0.05, 0) is 44.2 Å². The van der Waals surface area contributed by atoms with E-state index in [9.17, 15) is 8.42 Å². The van der Waals surface area contributed by atoms with Crippen LogP contribution in [-0.2, 0) is 16.4 Å². The monoisotopic (exact) mass is 325 g/mol. The van der Waals surface area contributed by atoms with Crippen LogP contribution in [0.4, 0.5) is 11.4 Å². The Labute approximate surface area is 129 Å². The molecule has 7 heteroatoms. The summed E-state index contributed by atoms with van der Waals surface area (Å²) in [5, 5.41) is 8.37. The fourth-order valence-electron chi connectivity index (χ4n) is 2.06. The van der Waals surface area contributed by atoms with Crippen molar-refractivity contribution in [3.05, 3.63) is 40.1 Å². The first-order valence-corrected chi connectivity index (χ1v) is 8.86. The first-order valence-electron chi connectivity index (χ1n) is 6.50. The van der Waals surface area contributed by atoms with Gasteiger partial charge in [0.15, 0.2) is 0 Å². The number of nitrogen functional groups attached to an aromatic ring is 1. The van der Waals surface area contributed by atoms with Crippen LogP contribution in [0.1, 0.15) is 16.7 Å². The van der Waals surface area contributed by atoms with Gasteiger partial charge in [0.25, 0.3) is 0 Å². The third-order valence-electron chi connectivity index (χ3n) is 3.06. The molecule has 114 valence electrons. The van der Waals surface area contributed by atoms with Gasteiger partial charge in [-0.1, -0.05) is 0 Å². The molecule has 5 nitrogen and oxygen atoms in total. The maximum atomic E-state index is 11.3. The van der Waals surface area contributed by atoms with Gasteiger partial charge < -0.3 is 11.1 Å². The Balaban J connectivity index is 2.09. The molecule has 21 heavy (non-hydrogen) atoms. The summed E-state index contributed by atoms with van der Waals surface area (Å²) in [6, 6.07) is 8.87. The highest BCUT2D eigenvalue weighted by Crippen LogP contribution is 2.24. The zero-order valence-electron chi connectivity index (χ0n) is 12.0. The zero-order chi connectivity index (χ0) is 15.6. The normalized spacial score (nSPS) is 13.1. The number of benzene rings is 1. The van der Waals surface area contributed by atoms with Gasteiger partial charge in [-0.15, -0.1) is 11.3 Å². The topological polar surface area (TPSA) is 98.2 Å². The lowest BCUT2D eigenvalue weighted by atomic mass is 10.2. The first-order chi connectivity index (χ1) is 9.75. The van der Waals surface area contributed by atoms with Gasteiger partial charge in [0, 0.05) is 22.2 Å². The number of nitrogens with one attached hydrogen (secondary N) is 1. The Kier molecular flexibility index (Phi) is 4.55. The van der Waals surface area contributed by atoms with Crippen molar-refractivity contribution in [1.82, 2.24) is 0 Å². The second-order valence-corrected chi connectivity index (χ2v) is 7.99. The number of hydrogen-bond donors (Lipinski definition) is 3. The first kappa shape index (κ1) is 15.8. The minimum Gasteiger partial charge on any atom is -0.397 e. The molecule has 1 aromatic heterocycles. The van der Waals surface area contributed by atoms with Crippen molar-refractivity contribution < 1.29 is 8.42 Å². The van der Waals surface area contributed by atoms with Crippen molar-refractivity contribution in [2.24, 2.45) is 5.14 Å². The standard InChI is InChI=1S/C14H19N3O2S2/c1-9(7-11-4-3-10(2)20-11)17-14-6-5-12(8-13(14)15)21(16,18)19/h3-6,8-9,17H,7,15H2,1-2H3,(H2,16,18,19). The third kappa shape index (κ3) is 4.20. The molecule has 0 fully saturated rings. The molecule has 1 heterocycles. The van der Waals surface area contributed by atoms with Gasteiger partial charge in [0.2, 0.25) is 10.0 Å². The number of sulfonamides is 1. The van der Waals surface area contributed by atoms with Crippen molar-refractivity contribution in [2.75, 3.05) is 11.1 Å². The van der Waals surface area contributed by atoms with E-state index in [1.807, 2.05) is 0 Å². The highest BCUT2D eigenvalue weighted by molar-refractivity contribution is 7.89. The summed E-state index contributed by atoms with van der Waals surface area (Å²) in [4.78, 5) is 2.61. The highest BCUT2D eigenvalue weighted by atomic mass is 32.2. The quantitative estimate of drug-likeness (QED) is 0.735. The van der Waals surface area contributed by atoms with Gasteiger partial charge in [0.1, 0.15) is 0 Å². The minimum atomic E-state index is -3.72. The lowest BCUT2D eigenvalue weighted by Gasteiger charge is -2.16. The summed E-state index contributed by atoms with van der Waals surface area (Å²) < 4.78 is 22.5. The van der Waals surface area contributed by atoms with E-state index >= 15 is 0 Å². The number of nitrogens with two attached hydrogens (primary N) is 2. The molecule has 0 amide bonds. The molecular formula is C14H19N3O2S2. The van der Waals surface area contributed by atoms with Crippen LogP contribution >= 0.6 is 11.3 Å². The van der Waals surface area contributed by atoms with Gasteiger partial charge >= 0.3 is 0 Å². The Morgan fingerprint density at radius 2 is 2.00 bits per heavy atom. The SMILES string of the molecule is Cc1ccc(CC(C)Nc2ccc(S(N)(=O)=O)cc2N)s1. The fraction of sp³-hybridized carbons (Fsp3) is 0.286. The molecule has 0 radical (unpaired) electrons. The van der Waals surface area contributed by atoms with E-state index in [4.69, 9.17) is 10.9 Å². The van der Waals surface area contributed by atoms with E-state index in [1.54, 1.807) is 17.4 Å². The number of rotatable bonds is 5. The maximum Gasteiger partial charge on any atom is 0.238 e. The van der Waals surface area contributed by atoms with Crippen LogP contribution in [0.5, 0.6) is 0 Å². The Morgan fingerprint density at radius 3 is 2.52 bits per heavy atom. The molecular weight excluding hydrogens is 306 g/mol. The fourth-order valence-corrected chi connectivity index (χ4v) is 3.63. The molecule has 0 saturated carbocycles. The molecule has 1 atom stereocenters. The summed E-state index contributed by atoms with van der Waals surface area (Å²) in [5.74, 6) is 0. The van der Waals surface area contributed by atoms with E-state index in [0.717, 1.165) is 6.42 Å². The zero-order valence-corrected chi connectivity index (χ0v) is 13.6. The molecule has 1 unspecified atom stereocenters. The lowest BCUT2D eigenvalue weighted by molar-refractivity contribution is 0.598. The number of anilines is 2. The van der Waals surface area contributed by atoms with Crippen LogP contribution in [0, 0.1) is 6.92 Å².